The minimum Gasteiger partial charge on any atom is -0.337 e. The lowest BCUT2D eigenvalue weighted by molar-refractivity contribution is 0.0777. The van der Waals surface area contributed by atoms with Gasteiger partial charge in [0.05, 0.1) is 5.56 Å². The summed E-state index contributed by atoms with van der Waals surface area (Å²) in [6.45, 7) is 1.33. The fraction of sp³-hybridized carbons (Fsp3) is 0.500. The number of nitrogens with zero attached hydrogens (tertiary/aromatic N) is 3. The van der Waals surface area contributed by atoms with Crippen LogP contribution in [-0.2, 0) is 0 Å². The molecule has 1 aliphatic rings. The summed E-state index contributed by atoms with van der Waals surface area (Å²) in [4.78, 5) is 19.3. The standard InChI is InChI=1S/C12H16FN3O/c1-15(2)9-5-7-16(8-9)12(17)10-4-3-6-14-11(10)13/h3-4,6,9H,5,7-8H2,1-2H3. The van der Waals surface area contributed by atoms with Gasteiger partial charge < -0.3 is 9.80 Å². The highest BCUT2D eigenvalue weighted by atomic mass is 19.1. The van der Waals surface area contributed by atoms with Crippen LogP contribution in [0.1, 0.15) is 16.8 Å². The van der Waals surface area contributed by atoms with E-state index in [0.29, 0.717) is 19.1 Å². The van der Waals surface area contributed by atoms with Crippen molar-refractivity contribution in [2.45, 2.75) is 12.5 Å². The average Bonchev–Trinajstić information content (AvgIpc) is 2.78. The Labute approximate surface area is 100 Å². The van der Waals surface area contributed by atoms with Crippen molar-refractivity contribution in [3.63, 3.8) is 0 Å². The number of carbonyl (C=O) groups is 1. The Hall–Kier alpha value is -1.49. The van der Waals surface area contributed by atoms with Crippen LogP contribution >= 0.6 is 0 Å². The largest absolute Gasteiger partial charge is 0.337 e. The number of hydrogen-bond donors (Lipinski definition) is 0. The lowest BCUT2D eigenvalue weighted by Gasteiger charge is -2.20. The summed E-state index contributed by atoms with van der Waals surface area (Å²) in [5.74, 6) is -0.953. The summed E-state index contributed by atoms with van der Waals surface area (Å²) in [6.07, 6.45) is 2.28. The molecule has 1 unspecified atom stereocenters. The number of hydrogen-bond acceptors (Lipinski definition) is 3. The average molecular weight is 237 g/mol. The van der Waals surface area contributed by atoms with Crippen LogP contribution in [0.2, 0.25) is 0 Å². The number of halogens is 1. The fourth-order valence-electron chi connectivity index (χ4n) is 2.06. The quantitative estimate of drug-likeness (QED) is 0.720. The van der Waals surface area contributed by atoms with Gasteiger partial charge in [-0.05, 0) is 32.6 Å². The molecule has 1 aromatic heterocycles. The first-order valence-electron chi connectivity index (χ1n) is 5.66. The van der Waals surface area contributed by atoms with Crippen molar-refractivity contribution in [2.75, 3.05) is 27.2 Å². The Balaban J connectivity index is 2.10. The molecule has 1 aliphatic heterocycles. The third-order valence-corrected chi connectivity index (χ3v) is 3.17. The molecule has 0 bridgehead atoms. The van der Waals surface area contributed by atoms with Gasteiger partial charge in [0.25, 0.3) is 5.91 Å². The van der Waals surface area contributed by atoms with Crippen LogP contribution in [0.3, 0.4) is 0 Å². The number of carbonyl (C=O) groups excluding carboxylic acids is 1. The highest BCUT2D eigenvalue weighted by molar-refractivity contribution is 5.94. The van der Waals surface area contributed by atoms with Crippen LogP contribution in [0, 0.1) is 5.95 Å². The minimum absolute atomic E-state index is 0.0620. The van der Waals surface area contributed by atoms with E-state index in [-0.39, 0.29) is 11.5 Å². The monoisotopic (exact) mass is 237 g/mol. The van der Waals surface area contributed by atoms with Crippen LogP contribution in [0.15, 0.2) is 18.3 Å². The molecule has 2 heterocycles. The van der Waals surface area contributed by atoms with E-state index in [0.717, 1.165) is 6.42 Å². The molecular weight excluding hydrogens is 221 g/mol. The predicted octanol–water partition coefficient (Wildman–Crippen LogP) is 0.997. The zero-order valence-electron chi connectivity index (χ0n) is 10.1. The van der Waals surface area contributed by atoms with Gasteiger partial charge in [0.1, 0.15) is 0 Å². The second-order valence-electron chi connectivity index (χ2n) is 4.50. The minimum atomic E-state index is -0.689. The first-order chi connectivity index (χ1) is 8.09. The fourth-order valence-corrected chi connectivity index (χ4v) is 2.06. The highest BCUT2D eigenvalue weighted by Crippen LogP contribution is 2.17. The van der Waals surface area contributed by atoms with Crippen molar-refractivity contribution in [3.05, 3.63) is 29.8 Å². The molecule has 5 heteroatoms. The third kappa shape index (κ3) is 2.44. The van der Waals surface area contributed by atoms with Crippen molar-refractivity contribution in [1.29, 1.82) is 0 Å². The molecule has 0 N–H and O–H groups in total. The van der Waals surface area contributed by atoms with Crippen molar-refractivity contribution >= 4 is 5.91 Å². The first-order valence-corrected chi connectivity index (χ1v) is 5.66. The van der Waals surface area contributed by atoms with Gasteiger partial charge in [0.2, 0.25) is 5.95 Å². The van der Waals surface area contributed by atoms with E-state index in [9.17, 15) is 9.18 Å². The maximum atomic E-state index is 13.4. The maximum absolute atomic E-state index is 13.4. The summed E-state index contributed by atoms with van der Waals surface area (Å²) in [5, 5.41) is 0. The van der Waals surface area contributed by atoms with Gasteiger partial charge in [-0.15, -0.1) is 0 Å². The summed E-state index contributed by atoms with van der Waals surface area (Å²) in [5.41, 5.74) is 0.0620. The molecule has 1 aromatic rings. The number of aromatic nitrogens is 1. The number of likely N-dealkylation sites (tertiary alicyclic amines) is 1. The molecule has 4 nitrogen and oxygen atoms in total. The van der Waals surface area contributed by atoms with Gasteiger partial charge in [-0.3, -0.25) is 4.79 Å². The molecule has 1 amide bonds. The van der Waals surface area contributed by atoms with Gasteiger partial charge in [0.15, 0.2) is 0 Å². The summed E-state index contributed by atoms with van der Waals surface area (Å²) in [6, 6.07) is 3.42. The molecule has 1 fully saturated rings. The number of rotatable bonds is 2. The van der Waals surface area contributed by atoms with Crippen molar-refractivity contribution in [1.82, 2.24) is 14.8 Å². The second kappa shape index (κ2) is 4.79. The van der Waals surface area contributed by atoms with Crippen LogP contribution in [0.5, 0.6) is 0 Å². The molecule has 1 atom stereocenters. The first kappa shape index (κ1) is 12.0. The van der Waals surface area contributed by atoms with Gasteiger partial charge >= 0.3 is 0 Å². The zero-order valence-corrected chi connectivity index (χ0v) is 10.1. The van der Waals surface area contributed by atoms with Crippen LogP contribution < -0.4 is 0 Å². The van der Waals surface area contributed by atoms with E-state index in [4.69, 9.17) is 0 Å². The Kier molecular flexibility index (Phi) is 3.38. The lowest BCUT2D eigenvalue weighted by atomic mass is 10.2. The Morgan fingerprint density at radius 3 is 2.94 bits per heavy atom. The van der Waals surface area contributed by atoms with Crippen LogP contribution in [0.25, 0.3) is 0 Å². The SMILES string of the molecule is CN(C)C1CCN(C(=O)c2cccnc2F)C1. The van der Waals surface area contributed by atoms with E-state index in [1.807, 2.05) is 14.1 Å². The summed E-state index contributed by atoms with van der Waals surface area (Å²) < 4.78 is 13.4. The van der Waals surface area contributed by atoms with Crippen LogP contribution in [-0.4, -0.2) is 53.9 Å². The highest BCUT2D eigenvalue weighted by Gasteiger charge is 2.29. The molecule has 1 saturated heterocycles. The van der Waals surface area contributed by atoms with E-state index < -0.39 is 5.95 Å². The molecular formula is C12H16FN3O. The van der Waals surface area contributed by atoms with Crippen molar-refractivity contribution < 1.29 is 9.18 Å². The molecule has 0 spiro atoms. The van der Waals surface area contributed by atoms with E-state index in [1.165, 1.54) is 12.3 Å². The maximum Gasteiger partial charge on any atom is 0.258 e. The third-order valence-electron chi connectivity index (χ3n) is 3.17. The predicted molar refractivity (Wildman–Crippen MR) is 62.2 cm³/mol. The van der Waals surface area contributed by atoms with E-state index in [1.54, 1.807) is 11.0 Å². The van der Waals surface area contributed by atoms with Gasteiger partial charge in [-0.2, -0.15) is 4.39 Å². The second-order valence-corrected chi connectivity index (χ2v) is 4.50. The van der Waals surface area contributed by atoms with Crippen molar-refractivity contribution in [2.24, 2.45) is 0 Å². The summed E-state index contributed by atoms with van der Waals surface area (Å²) >= 11 is 0. The molecule has 0 saturated carbocycles. The number of likely N-dealkylation sites (N-methyl/N-ethyl adjacent to an activating group) is 1. The Bertz CT molecular complexity index is 422. The molecule has 0 radical (unpaired) electrons. The summed E-state index contributed by atoms with van der Waals surface area (Å²) in [7, 11) is 3.98. The molecule has 0 aromatic carbocycles. The normalized spacial score (nSPS) is 20.0. The van der Waals surface area contributed by atoms with Crippen LogP contribution in [0.4, 0.5) is 4.39 Å². The topological polar surface area (TPSA) is 36.4 Å². The lowest BCUT2D eigenvalue weighted by Crippen LogP contribution is -2.34. The smallest absolute Gasteiger partial charge is 0.258 e. The molecule has 0 aliphatic carbocycles. The molecule has 92 valence electrons. The van der Waals surface area contributed by atoms with Crippen molar-refractivity contribution in [3.8, 4) is 0 Å². The Morgan fingerprint density at radius 2 is 2.35 bits per heavy atom. The number of amides is 1. The molecule has 17 heavy (non-hydrogen) atoms. The Morgan fingerprint density at radius 1 is 1.59 bits per heavy atom. The number of pyridine rings is 1. The van der Waals surface area contributed by atoms with E-state index >= 15 is 0 Å². The van der Waals surface area contributed by atoms with E-state index in [2.05, 4.69) is 9.88 Å². The zero-order chi connectivity index (χ0) is 12.4. The molecule has 2 rings (SSSR count). The van der Waals surface area contributed by atoms with Gasteiger partial charge in [0, 0.05) is 25.3 Å². The van der Waals surface area contributed by atoms with Gasteiger partial charge in [-0.1, -0.05) is 0 Å². The van der Waals surface area contributed by atoms with Gasteiger partial charge in [-0.25, -0.2) is 4.98 Å².